The number of nitrogens with one attached hydrogen (secondary N) is 1. The average Bonchev–Trinajstić information content (AvgIpc) is 3.04. The number of amides is 1. The van der Waals surface area contributed by atoms with E-state index in [1.54, 1.807) is 55.8 Å². The van der Waals surface area contributed by atoms with Crippen molar-refractivity contribution in [1.29, 1.82) is 0 Å². The molecule has 122 valence electrons. The molecule has 0 aliphatic carbocycles. The van der Waals surface area contributed by atoms with E-state index in [0.29, 0.717) is 22.4 Å². The molecule has 1 N–H and O–H groups in total. The lowest BCUT2D eigenvalue weighted by molar-refractivity contribution is -0.122. The number of benzene rings is 1. The maximum Gasteiger partial charge on any atom is 0.265 e. The molecule has 2 aromatic heterocycles. The molecule has 3 rings (SSSR count). The molecule has 0 radical (unpaired) electrons. The highest BCUT2D eigenvalue weighted by molar-refractivity contribution is 6.30. The van der Waals surface area contributed by atoms with E-state index in [-0.39, 0.29) is 5.91 Å². The summed E-state index contributed by atoms with van der Waals surface area (Å²) in [4.78, 5) is 20.4. The number of carbonyl (C=O) groups excluding carboxylic acids is 1. The zero-order valence-electron chi connectivity index (χ0n) is 12.8. The zero-order valence-corrected chi connectivity index (χ0v) is 13.5. The average molecular weight is 344 g/mol. The lowest BCUT2D eigenvalue weighted by Gasteiger charge is -2.14. The first kappa shape index (κ1) is 15.9. The Morgan fingerprint density at radius 1 is 1.29 bits per heavy atom. The predicted octanol–water partition coefficient (Wildman–Crippen LogP) is 2.72. The van der Waals surface area contributed by atoms with Crippen molar-refractivity contribution in [2.75, 3.05) is 5.32 Å². The van der Waals surface area contributed by atoms with Gasteiger partial charge in [0.2, 0.25) is 5.95 Å². The van der Waals surface area contributed by atoms with Crippen molar-refractivity contribution in [3.63, 3.8) is 0 Å². The minimum Gasteiger partial charge on any atom is -0.481 e. The van der Waals surface area contributed by atoms with Gasteiger partial charge in [-0.1, -0.05) is 17.7 Å². The fourth-order valence-corrected chi connectivity index (χ4v) is 2.13. The highest BCUT2D eigenvalue weighted by Crippen LogP contribution is 2.19. The molecule has 3 aromatic rings. The lowest BCUT2D eigenvalue weighted by Crippen LogP contribution is -2.30. The van der Waals surface area contributed by atoms with Gasteiger partial charge in [-0.25, -0.2) is 14.6 Å². The van der Waals surface area contributed by atoms with Gasteiger partial charge >= 0.3 is 0 Å². The quantitative estimate of drug-likeness (QED) is 0.770. The van der Waals surface area contributed by atoms with Crippen molar-refractivity contribution in [2.24, 2.45) is 0 Å². The van der Waals surface area contributed by atoms with Gasteiger partial charge in [0, 0.05) is 17.4 Å². The summed E-state index contributed by atoms with van der Waals surface area (Å²) in [6, 6.07) is 8.59. The number of carbonyl (C=O) groups is 1. The molecule has 0 bridgehead atoms. The Morgan fingerprint density at radius 2 is 2.08 bits per heavy atom. The molecule has 0 saturated heterocycles. The number of ether oxygens (including phenoxy) is 1. The van der Waals surface area contributed by atoms with Gasteiger partial charge in [-0.3, -0.25) is 4.79 Å². The summed E-state index contributed by atoms with van der Waals surface area (Å²) < 4.78 is 7.04. The highest BCUT2D eigenvalue weighted by atomic mass is 35.5. The van der Waals surface area contributed by atoms with E-state index in [0.717, 1.165) is 0 Å². The van der Waals surface area contributed by atoms with E-state index in [4.69, 9.17) is 16.3 Å². The molecular formula is C16H14ClN5O2. The van der Waals surface area contributed by atoms with Crippen LogP contribution in [0.5, 0.6) is 5.75 Å². The fraction of sp³-hybridized carbons (Fsp3) is 0.125. The maximum atomic E-state index is 12.2. The van der Waals surface area contributed by atoms with Gasteiger partial charge in [0.05, 0.1) is 18.1 Å². The van der Waals surface area contributed by atoms with Crippen LogP contribution in [0.1, 0.15) is 6.92 Å². The Balaban J connectivity index is 1.63. The Labute approximate surface area is 143 Å². The van der Waals surface area contributed by atoms with Gasteiger partial charge in [-0.15, -0.1) is 0 Å². The second kappa shape index (κ2) is 7.10. The number of anilines is 1. The number of rotatable bonds is 5. The van der Waals surface area contributed by atoms with Crippen LogP contribution >= 0.6 is 11.6 Å². The molecule has 1 amide bonds. The van der Waals surface area contributed by atoms with Gasteiger partial charge < -0.3 is 10.1 Å². The van der Waals surface area contributed by atoms with Gasteiger partial charge in [0.15, 0.2) is 6.10 Å². The Kier molecular flexibility index (Phi) is 4.72. The number of nitrogens with zero attached hydrogens (tertiary/aromatic N) is 4. The van der Waals surface area contributed by atoms with Crippen molar-refractivity contribution in [3.05, 3.63) is 60.1 Å². The van der Waals surface area contributed by atoms with E-state index < -0.39 is 6.10 Å². The molecule has 2 heterocycles. The SMILES string of the molecule is CC(Oc1cccc(Cl)c1)C(=O)Nc1cnn(-c2ncccn2)c1. The lowest BCUT2D eigenvalue weighted by atomic mass is 10.3. The summed E-state index contributed by atoms with van der Waals surface area (Å²) in [5, 5.41) is 7.39. The first-order valence-electron chi connectivity index (χ1n) is 7.17. The third-order valence-electron chi connectivity index (χ3n) is 3.09. The fourth-order valence-electron chi connectivity index (χ4n) is 1.95. The highest BCUT2D eigenvalue weighted by Gasteiger charge is 2.16. The maximum absolute atomic E-state index is 12.2. The molecule has 0 fully saturated rings. The molecule has 0 aliphatic heterocycles. The van der Waals surface area contributed by atoms with Crippen LogP contribution in [0.15, 0.2) is 55.1 Å². The first-order chi connectivity index (χ1) is 11.6. The van der Waals surface area contributed by atoms with Gasteiger partial charge in [0.25, 0.3) is 5.91 Å². The smallest absolute Gasteiger partial charge is 0.265 e. The molecule has 8 heteroatoms. The Morgan fingerprint density at radius 3 is 2.83 bits per heavy atom. The Bertz CT molecular complexity index is 837. The molecule has 0 saturated carbocycles. The molecule has 1 aromatic carbocycles. The molecule has 0 spiro atoms. The summed E-state index contributed by atoms with van der Waals surface area (Å²) in [5.41, 5.74) is 0.522. The number of hydrogen-bond acceptors (Lipinski definition) is 5. The van der Waals surface area contributed by atoms with Crippen LogP contribution in [0.2, 0.25) is 5.02 Å². The topological polar surface area (TPSA) is 81.9 Å². The van der Waals surface area contributed by atoms with E-state index >= 15 is 0 Å². The van der Waals surface area contributed by atoms with Crippen molar-refractivity contribution in [1.82, 2.24) is 19.7 Å². The van der Waals surface area contributed by atoms with Crippen LogP contribution in [0.3, 0.4) is 0 Å². The molecule has 1 unspecified atom stereocenters. The van der Waals surface area contributed by atoms with Crippen molar-refractivity contribution < 1.29 is 9.53 Å². The van der Waals surface area contributed by atoms with Crippen LogP contribution in [0, 0.1) is 0 Å². The van der Waals surface area contributed by atoms with E-state index in [1.165, 1.54) is 10.9 Å². The predicted molar refractivity (Wildman–Crippen MR) is 89.3 cm³/mol. The van der Waals surface area contributed by atoms with Gasteiger partial charge in [-0.2, -0.15) is 5.10 Å². The normalized spacial score (nSPS) is 11.8. The van der Waals surface area contributed by atoms with Crippen LogP contribution in [0.4, 0.5) is 5.69 Å². The number of halogens is 1. The van der Waals surface area contributed by atoms with Gasteiger partial charge in [0.1, 0.15) is 5.75 Å². The molecule has 0 aliphatic rings. The molecule has 1 atom stereocenters. The van der Waals surface area contributed by atoms with Gasteiger partial charge in [-0.05, 0) is 31.2 Å². The van der Waals surface area contributed by atoms with Crippen LogP contribution in [-0.2, 0) is 4.79 Å². The minimum absolute atomic E-state index is 0.302. The summed E-state index contributed by atoms with van der Waals surface area (Å²) in [6.07, 6.45) is 5.67. The second-order valence-corrected chi connectivity index (χ2v) is 5.37. The Hall–Kier alpha value is -2.93. The summed E-state index contributed by atoms with van der Waals surface area (Å²) in [6.45, 7) is 1.65. The van der Waals surface area contributed by atoms with Crippen LogP contribution in [0.25, 0.3) is 5.95 Å². The molecule has 7 nitrogen and oxygen atoms in total. The van der Waals surface area contributed by atoms with Crippen molar-refractivity contribution in [3.8, 4) is 11.7 Å². The van der Waals surface area contributed by atoms with E-state index in [1.807, 2.05) is 0 Å². The largest absolute Gasteiger partial charge is 0.481 e. The molecule has 24 heavy (non-hydrogen) atoms. The zero-order chi connectivity index (χ0) is 16.9. The third-order valence-corrected chi connectivity index (χ3v) is 3.32. The van der Waals surface area contributed by atoms with E-state index in [9.17, 15) is 4.79 Å². The standard InChI is InChI=1S/C16H14ClN5O2/c1-11(24-14-5-2-4-12(17)8-14)15(23)21-13-9-20-22(10-13)16-18-6-3-7-19-16/h2-11H,1H3,(H,21,23). The summed E-state index contributed by atoms with van der Waals surface area (Å²) in [5.74, 6) is 0.642. The second-order valence-electron chi connectivity index (χ2n) is 4.93. The van der Waals surface area contributed by atoms with E-state index in [2.05, 4.69) is 20.4 Å². The summed E-state index contributed by atoms with van der Waals surface area (Å²) >= 11 is 5.90. The first-order valence-corrected chi connectivity index (χ1v) is 7.55. The molecular weight excluding hydrogens is 330 g/mol. The van der Waals surface area contributed by atoms with Crippen molar-refractivity contribution >= 4 is 23.2 Å². The van der Waals surface area contributed by atoms with Crippen LogP contribution < -0.4 is 10.1 Å². The minimum atomic E-state index is -0.695. The number of aromatic nitrogens is 4. The monoisotopic (exact) mass is 343 g/mol. The third kappa shape index (κ3) is 3.88. The summed E-state index contributed by atoms with van der Waals surface area (Å²) in [7, 11) is 0. The van der Waals surface area contributed by atoms with Crippen molar-refractivity contribution in [2.45, 2.75) is 13.0 Å². The number of hydrogen-bond donors (Lipinski definition) is 1. The van der Waals surface area contributed by atoms with Crippen LogP contribution in [-0.4, -0.2) is 31.8 Å².